The molecule has 0 amide bonds. The molecule has 0 N–H and O–H groups in total. The Labute approximate surface area is 153 Å². The molecule has 110 valence electrons. The number of allylic oxidation sites excluding steroid dienone is 8. The van der Waals surface area contributed by atoms with Crippen LogP contribution in [0.3, 0.4) is 0 Å². The van der Waals surface area contributed by atoms with Gasteiger partial charge >= 0.3 is 120 Å². The second-order valence-electron chi connectivity index (χ2n) is 5.76. The molecule has 0 saturated heterocycles. The Balaban J connectivity index is 0.00000180. The molecule has 20 heavy (non-hydrogen) atoms. The van der Waals surface area contributed by atoms with Crippen molar-refractivity contribution in [3.05, 3.63) is 41.0 Å². The summed E-state index contributed by atoms with van der Waals surface area (Å²) < 4.78 is 3.82. The van der Waals surface area contributed by atoms with Crippen molar-refractivity contribution < 1.29 is 54.3 Å². The standard InChI is InChI=1S/2C7H9.C2H6Si.2BrH.Zr/c2*1-6-4-3-5-7(6)2;1-3-2;;;/h2*4H,3H2,1-2H3;1-2H3;2*1H;/q;;;;;+2/p-2. The second kappa shape index (κ2) is 8.60. The van der Waals surface area contributed by atoms with E-state index in [-0.39, 0.29) is 39.4 Å². The largest absolute Gasteiger partial charge is 1.00 e. The fourth-order valence-corrected chi connectivity index (χ4v) is 21.7. The maximum Gasteiger partial charge on any atom is -1.00 e. The molecular weight excluding hydrogens is 471 g/mol. The van der Waals surface area contributed by atoms with Crippen molar-refractivity contribution in [2.45, 2.75) is 53.6 Å². The van der Waals surface area contributed by atoms with Crippen LogP contribution in [-0.2, 0) is 20.4 Å². The topological polar surface area (TPSA) is 0 Å². The van der Waals surface area contributed by atoms with Gasteiger partial charge in [0.15, 0.2) is 0 Å². The Morgan fingerprint density at radius 2 is 1.15 bits per heavy atom. The third-order valence-corrected chi connectivity index (χ3v) is 22.2. The first-order valence-electron chi connectivity index (χ1n) is 6.85. The van der Waals surface area contributed by atoms with E-state index < -0.39 is 20.4 Å². The van der Waals surface area contributed by atoms with Crippen LogP contribution < -0.4 is 34.0 Å². The molecule has 0 nitrogen and oxygen atoms in total. The average Bonchev–Trinajstić information content (AvgIpc) is 2.79. The van der Waals surface area contributed by atoms with Gasteiger partial charge in [-0.25, -0.2) is 0 Å². The minimum atomic E-state index is -1.51. The van der Waals surface area contributed by atoms with Crippen LogP contribution in [0.4, 0.5) is 0 Å². The Bertz CT molecular complexity index is 515. The van der Waals surface area contributed by atoms with E-state index in [0.29, 0.717) is 0 Å². The van der Waals surface area contributed by atoms with E-state index in [2.05, 4.69) is 52.9 Å². The van der Waals surface area contributed by atoms with Crippen LogP contribution in [0.1, 0.15) is 40.5 Å². The van der Waals surface area contributed by atoms with E-state index in [9.17, 15) is 0 Å². The normalized spacial score (nSPS) is 17.1. The summed E-state index contributed by atoms with van der Waals surface area (Å²) in [6.07, 6.45) is 7.47. The molecule has 0 spiro atoms. The van der Waals surface area contributed by atoms with Gasteiger partial charge < -0.3 is 34.0 Å². The molecule has 0 bridgehead atoms. The second-order valence-corrected chi connectivity index (χ2v) is 22.9. The Kier molecular flexibility index (Phi) is 9.04. The third kappa shape index (κ3) is 4.06. The summed E-state index contributed by atoms with van der Waals surface area (Å²) in [7, 11) is 0. The van der Waals surface area contributed by atoms with Crippen molar-refractivity contribution in [3.63, 3.8) is 0 Å². The maximum absolute atomic E-state index is 2.56. The summed E-state index contributed by atoms with van der Waals surface area (Å²) >= 11 is -1.51. The predicted molar refractivity (Wildman–Crippen MR) is 79.6 cm³/mol. The van der Waals surface area contributed by atoms with Gasteiger partial charge in [-0.05, 0) is 0 Å². The molecule has 2 rings (SSSR count). The van der Waals surface area contributed by atoms with Crippen molar-refractivity contribution in [1.29, 1.82) is 0 Å². The van der Waals surface area contributed by atoms with Crippen LogP contribution >= 0.6 is 0 Å². The summed E-state index contributed by atoms with van der Waals surface area (Å²) in [4.78, 5) is 0. The molecule has 0 aromatic rings. The minimum absolute atomic E-state index is 0. The minimum Gasteiger partial charge on any atom is -1.00 e. The summed E-state index contributed by atoms with van der Waals surface area (Å²) in [5.74, 6) is 0. The Morgan fingerprint density at radius 3 is 1.35 bits per heavy atom. The van der Waals surface area contributed by atoms with Crippen LogP contribution in [0.25, 0.3) is 0 Å². The quantitative estimate of drug-likeness (QED) is 0.437. The van der Waals surface area contributed by atoms with Crippen LogP contribution in [0, 0.1) is 0 Å². The number of rotatable bonds is 2. The SMILES string of the molecule is CC1=CC[C]([Zr+2]([C]2=C(C)C(C)=CC2)=[Si](C)C)=C1C.[Br-].[Br-]. The molecule has 0 aliphatic heterocycles. The number of hydrogen-bond acceptors (Lipinski definition) is 0. The molecule has 0 aromatic carbocycles. The van der Waals surface area contributed by atoms with Crippen molar-refractivity contribution >= 4 is 5.43 Å². The van der Waals surface area contributed by atoms with E-state index in [0.717, 1.165) is 0 Å². The molecule has 0 atom stereocenters. The first kappa shape index (κ1) is 21.0. The fourth-order valence-electron chi connectivity index (χ4n) is 2.96. The van der Waals surface area contributed by atoms with Crippen LogP contribution in [-0.4, -0.2) is 5.43 Å². The molecule has 4 heteroatoms. The molecule has 0 heterocycles. The molecule has 2 aliphatic rings. The van der Waals surface area contributed by atoms with E-state index in [1.54, 1.807) is 22.3 Å². The Morgan fingerprint density at radius 1 is 0.800 bits per heavy atom. The van der Waals surface area contributed by atoms with E-state index in [1.807, 2.05) is 6.56 Å². The Hall–Kier alpha value is 1.02. The molecule has 0 unspecified atom stereocenters. The summed E-state index contributed by atoms with van der Waals surface area (Å²) in [6, 6.07) is 0. The van der Waals surface area contributed by atoms with Gasteiger partial charge in [-0.3, -0.25) is 0 Å². The van der Waals surface area contributed by atoms with Gasteiger partial charge in [-0.2, -0.15) is 0 Å². The molecule has 0 radical (unpaired) electrons. The van der Waals surface area contributed by atoms with Crippen molar-refractivity contribution in [2.24, 2.45) is 0 Å². The van der Waals surface area contributed by atoms with E-state index >= 15 is 0 Å². The van der Waals surface area contributed by atoms with Gasteiger partial charge in [0.1, 0.15) is 0 Å². The maximum atomic E-state index is 2.56. The van der Waals surface area contributed by atoms with Gasteiger partial charge in [0, 0.05) is 0 Å². The summed E-state index contributed by atoms with van der Waals surface area (Å²) in [5, 5.41) is 0. The zero-order chi connectivity index (χ0) is 13.4. The zero-order valence-electron chi connectivity index (χ0n) is 13.3. The monoisotopic (exact) mass is 492 g/mol. The zero-order valence-corrected chi connectivity index (χ0v) is 20.0. The fraction of sp³-hybridized carbons (Fsp3) is 0.500. The van der Waals surface area contributed by atoms with Crippen molar-refractivity contribution in [1.82, 2.24) is 0 Å². The van der Waals surface area contributed by atoms with Crippen LogP contribution in [0.2, 0.25) is 13.1 Å². The first-order chi connectivity index (χ1) is 8.43. The van der Waals surface area contributed by atoms with Crippen LogP contribution in [0.5, 0.6) is 0 Å². The smallest absolute Gasteiger partial charge is 1.00 e. The molecule has 0 fully saturated rings. The number of hydrogen-bond donors (Lipinski definition) is 0. The van der Waals surface area contributed by atoms with Gasteiger partial charge in [0.25, 0.3) is 0 Å². The van der Waals surface area contributed by atoms with Gasteiger partial charge in [0.05, 0.1) is 0 Å². The van der Waals surface area contributed by atoms with Gasteiger partial charge in [0.2, 0.25) is 0 Å². The molecule has 0 aromatic heterocycles. The predicted octanol–water partition coefficient (Wildman–Crippen LogP) is -0.888. The first-order valence-corrected chi connectivity index (χ1v) is 15.5. The van der Waals surface area contributed by atoms with Crippen molar-refractivity contribution in [3.8, 4) is 0 Å². The summed E-state index contributed by atoms with van der Waals surface area (Å²) in [5.41, 5.74) is 6.27. The average molecular weight is 495 g/mol. The van der Waals surface area contributed by atoms with Crippen molar-refractivity contribution in [2.75, 3.05) is 0 Å². The van der Waals surface area contributed by atoms with E-state index in [4.69, 9.17) is 0 Å². The third-order valence-electron chi connectivity index (χ3n) is 4.42. The van der Waals surface area contributed by atoms with E-state index in [1.165, 1.54) is 12.8 Å². The van der Waals surface area contributed by atoms with Gasteiger partial charge in [-0.15, -0.1) is 0 Å². The molecular formula is C16H24Br2SiZr. The molecule has 2 aliphatic carbocycles. The van der Waals surface area contributed by atoms with Crippen LogP contribution in [0.15, 0.2) is 41.0 Å². The molecule has 0 saturated carbocycles. The summed E-state index contributed by atoms with van der Waals surface area (Å²) in [6.45, 7) is 14.4. The van der Waals surface area contributed by atoms with Gasteiger partial charge in [-0.1, -0.05) is 0 Å². The number of halogens is 2.